The molecule has 0 saturated carbocycles. The highest BCUT2D eigenvalue weighted by molar-refractivity contribution is 9.10. The Kier molecular flexibility index (Phi) is 4.74. The van der Waals surface area contributed by atoms with Crippen LogP contribution < -0.4 is 10.5 Å². The zero-order valence-electron chi connectivity index (χ0n) is 11.5. The molecule has 1 unspecified atom stereocenters. The van der Waals surface area contributed by atoms with Gasteiger partial charge in [0.25, 0.3) is 0 Å². The van der Waals surface area contributed by atoms with Gasteiger partial charge in [0, 0.05) is 15.0 Å². The maximum Gasteiger partial charge on any atom is 0.119 e. The van der Waals surface area contributed by atoms with Gasteiger partial charge in [-0.2, -0.15) is 0 Å². The first-order valence-electron chi connectivity index (χ1n) is 6.30. The number of hydrogen-bond donors (Lipinski definition) is 1. The van der Waals surface area contributed by atoms with Gasteiger partial charge in [0.2, 0.25) is 0 Å². The van der Waals surface area contributed by atoms with Crippen LogP contribution in [-0.4, -0.2) is 7.11 Å². The maximum absolute atomic E-state index is 6.47. The quantitative estimate of drug-likeness (QED) is 0.875. The largest absolute Gasteiger partial charge is 0.497 e. The molecule has 4 heteroatoms. The van der Waals surface area contributed by atoms with Gasteiger partial charge in [-0.1, -0.05) is 45.7 Å². The molecule has 0 amide bonds. The van der Waals surface area contributed by atoms with Crippen LogP contribution >= 0.6 is 27.5 Å². The first-order valence-corrected chi connectivity index (χ1v) is 7.47. The van der Waals surface area contributed by atoms with E-state index in [9.17, 15) is 0 Å². The molecule has 2 N–H and O–H groups in total. The summed E-state index contributed by atoms with van der Waals surface area (Å²) < 4.78 is 6.22. The average molecular weight is 355 g/mol. The average Bonchev–Trinajstić information content (AvgIpc) is 2.42. The number of halogens is 2. The predicted octanol–water partition coefficient (Wildman–Crippen LogP) is 4.53. The molecule has 0 fully saturated rings. The van der Waals surface area contributed by atoms with Crippen LogP contribution in [0.2, 0.25) is 5.02 Å². The van der Waals surface area contributed by atoms with Crippen LogP contribution in [0.25, 0.3) is 0 Å². The van der Waals surface area contributed by atoms with Crippen molar-refractivity contribution in [1.82, 2.24) is 0 Å². The smallest absolute Gasteiger partial charge is 0.119 e. The molecule has 0 aliphatic carbocycles. The Hall–Kier alpha value is -1.03. The minimum atomic E-state index is -0.508. The molecule has 0 bridgehead atoms. The first kappa shape index (κ1) is 15.4. The van der Waals surface area contributed by atoms with E-state index in [1.54, 1.807) is 7.11 Å². The van der Waals surface area contributed by atoms with Crippen molar-refractivity contribution in [3.05, 3.63) is 63.1 Å². The summed E-state index contributed by atoms with van der Waals surface area (Å²) in [4.78, 5) is 0. The molecule has 0 saturated heterocycles. The Bertz CT molecular complexity index is 613. The predicted molar refractivity (Wildman–Crippen MR) is 87.4 cm³/mol. The van der Waals surface area contributed by atoms with Crippen molar-refractivity contribution in [3.8, 4) is 5.75 Å². The second-order valence-corrected chi connectivity index (χ2v) is 6.38. The molecule has 1 atom stereocenters. The van der Waals surface area contributed by atoms with E-state index in [1.165, 1.54) is 0 Å². The highest BCUT2D eigenvalue weighted by Gasteiger charge is 2.23. The SMILES string of the molecule is COc1cccc(C(C)(N)Cc2ccc(Br)cc2Cl)c1. The fraction of sp³-hybridized carbons (Fsp3) is 0.250. The van der Waals surface area contributed by atoms with Gasteiger partial charge in [0.05, 0.1) is 7.11 Å². The lowest BCUT2D eigenvalue weighted by Crippen LogP contribution is -2.35. The van der Waals surface area contributed by atoms with Crippen LogP contribution in [0.1, 0.15) is 18.1 Å². The van der Waals surface area contributed by atoms with Gasteiger partial charge in [-0.15, -0.1) is 0 Å². The van der Waals surface area contributed by atoms with Crippen LogP contribution in [0.3, 0.4) is 0 Å². The highest BCUT2D eigenvalue weighted by Crippen LogP contribution is 2.30. The standard InChI is InChI=1S/C16H17BrClNO/c1-16(19,12-4-3-5-14(8-12)20-2)10-11-6-7-13(17)9-15(11)18/h3-9H,10,19H2,1-2H3. The first-order chi connectivity index (χ1) is 9.42. The highest BCUT2D eigenvalue weighted by atomic mass is 79.9. The van der Waals surface area contributed by atoms with E-state index in [-0.39, 0.29) is 0 Å². The minimum Gasteiger partial charge on any atom is -0.497 e. The molecule has 0 aliphatic rings. The molecule has 0 aliphatic heterocycles. The summed E-state index contributed by atoms with van der Waals surface area (Å²) in [5, 5.41) is 0.721. The zero-order valence-corrected chi connectivity index (χ0v) is 13.8. The molecule has 106 valence electrons. The third-order valence-electron chi connectivity index (χ3n) is 3.30. The molecule has 0 spiro atoms. The number of nitrogens with two attached hydrogens (primary N) is 1. The molecule has 2 aromatic carbocycles. The van der Waals surface area contributed by atoms with Gasteiger partial charge in [-0.3, -0.25) is 0 Å². The third-order valence-corrected chi connectivity index (χ3v) is 4.15. The number of methoxy groups -OCH3 is 1. The number of rotatable bonds is 4. The summed E-state index contributed by atoms with van der Waals surface area (Å²) in [7, 11) is 1.65. The van der Waals surface area contributed by atoms with Crippen molar-refractivity contribution in [2.24, 2.45) is 5.73 Å². The Morgan fingerprint density at radius 3 is 2.65 bits per heavy atom. The fourth-order valence-corrected chi connectivity index (χ4v) is 2.88. The Morgan fingerprint density at radius 2 is 2.00 bits per heavy atom. The molecule has 2 rings (SSSR count). The lowest BCUT2D eigenvalue weighted by molar-refractivity contribution is 0.410. The lowest BCUT2D eigenvalue weighted by Gasteiger charge is -2.26. The summed E-state index contributed by atoms with van der Waals surface area (Å²) in [5.74, 6) is 0.807. The lowest BCUT2D eigenvalue weighted by atomic mass is 9.86. The van der Waals surface area contributed by atoms with E-state index in [0.717, 1.165) is 26.4 Å². The van der Waals surface area contributed by atoms with Crippen molar-refractivity contribution in [2.75, 3.05) is 7.11 Å². The van der Waals surface area contributed by atoms with Crippen LogP contribution in [-0.2, 0) is 12.0 Å². The zero-order chi connectivity index (χ0) is 14.8. The van der Waals surface area contributed by atoms with Crippen molar-refractivity contribution in [2.45, 2.75) is 18.9 Å². The molecule has 2 nitrogen and oxygen atoms in total. The van der Waals surface area contributed by atoms with Gasteiger partial charge in [0.15, 0.2) is 0 Å². The Morgan fingerprint density at radius 1 is 1.25 bits per heavy atom. The second kappa shape index (κ2) is 6.17. The van der Waals surface area contributed by atoms with E-state index >= 15 is 0 Å². The number of benzene rings is 2. The number of hydrogen-bond acceptors (Lipinski definition) is 2. The summed E-state index contributed by atoms with van der Waals surface area (Å²) in [5.41, 5.74) is 8.02. The van der Waals surface area contributed by atoms with Crippen molar-refractivity contribution < 1.29 is 4.74 Å². The van der Waals surface area contributed by atoms with Crippen LogP contribution in [0.15, 0.2) is 46.9 Å². The molecular weight excluding hydrogens is 338 g/mol. The fourth-order valence-electron chi connectivity index (χ4n) is 2.14. The van der Waals surface area contributed by atoms with E-state index in [1.807, 2.05) is 49.4 Å². The van der Waals surface area contributed by atoms with Gasteiger partial charge in [0.1, 0.15) is 5.75 Å². The molecule has 20 heavy (non-hydrogen) atoms. The third kappa shape index (κ3) is 3.54. The minimum absolute atomic E-state index is 0.508. The molecular formula is C16H17BrClNO. The van der Waals surface area contributed by atoms with Crippen molar-refractivity contribution in [1.29, 1.82) is 0 Å². The van der Waals surface area contributed by atoms with Gasteiger partial charge in [-0.05, 0) is 48.7 Å². The Labute approximate surface area is 133 Å². The maximum atomic E-state index is 6.47. The van der Waals surface area contributed by atoms with E-state index in [0.29, 0.717) is 6.42 Å². The second-order valence-electron chi connectivity index (χ2n) is 5.06. The molecule has 0 heterocycles. The van der Waals surface area contributed by atoms with Crippen LogP contribution in [0, 0.1) is 0 Å². The summed E-state index contributed by atoms with van der Waals surface area (Å²) in [6.07, 6.45) is 0.659. The topological polar surface area (TPSA) is 35.2 Å². The van der Waals surface area contributed by atoms with Crippen LogP contribution in [0.4, 0.5) is 0 Å². The molecule has 0 aromatic heterocycles. The summed E-state index contributed by atoms with van der Waals surface area (Å²) >= 11 is 9.68. The van der Waals surface area contributed by atoms with Gasteiger partial charge in [-0.25, -0.2) is 0 Å². The summed E-state index contributed by atoms with van der Waals surface area (Å²) in [6, 6.07) is 13.7. The van der Waals surface area contributed by atoms with Crippen LogP contribution in [0.5, 0.6) is 5.75 Å². The van der Waals surface area contributed by atoms with Crippen molar-refractivity contribution >= 4 is 27.5 Å². The van der Waals surface area contributed by atoms with Gasteiger partial charge < -0.3 is 10.5 Å². The van der Waals surface area contributed by atoms with Gasteiger partial charge >= 0.3 is 0 Å². The molecule has 2 aromatic rings. The van der Waals surface area contributed by atoms with Crippen molar-refractivity contribution in [3.63, 3.8) is 0 Å². The Balaban J connectivity index is 2.29. The van der Waals surface area contributed by atoms with E-state index in [4.69, 9.17) is 22.1 Å². The molecule has 0 radical (unpaired) electrons. The monoisotopic (exact) mass is 353 g/mol. The van der Waals surface area contributed by atoms with E-state index in [2.05, 4.69) is 15.9 Å². The van der Waals surface area contributed by atoms with E-state index < -0.39 is 5.54 Å². The normalized spacial score (nSPS) is 13.8. The summed E-state index contributed by atoms with van der Waals surface area (Å²) in [6.45, 7) is 2.00. The number of ether oxygens (including phenoxy) is 1.